The first-order valence-corrected chi connectivity index (χ1v) is 5.80. The molecule has 0 bridgehead atoms. The molecule has 0 amide bonds. The summed E-state index contributed by atoms with van der Waals surface area (Å²) in [5, 5.41) is 11.8. The number of thiazole rings is 1. The van der Waals surface area contributed by atoms with Gasteiger partial charge in [-0.15, -0.1) is 11.3 Å². The molecule has 0 atom stereocenters. The zero-order valence-electron chi connectivity index (χ0n) is 9.14. The molecular weight excluding hydrogens is 218 g/mol. The Morgan fingerprint density at radius 2 is 2.19 bits per heavy atom. The Kier molecular flexibility index (Phi) is 2.71. The van der Waals surface area contributed by atoms with Crippen LogP contribution in [0.15, 0.2) is 29.8 Å². The van der Waals surface area contributed by atoms with Crippen LogP contribution in [-0.2, 0) is 5.41 Å². The number of pyridine rings is 1. The lowest BCUT2D eigenvalue weighted by atomic mass is 9.92. The maximum atomic E-state index is 9.03. The number of aromatic nitrogens is 2. The van der Waals surface area contributed by atoms with E-state index in [2.05, 4.69) is 16.0 Å². The van der Waals surface area contributed by atoms with Gasteiger partial charge in [-0.25, -0.2) is 4.98 Å². The minimum Gasteiger partial charge on any atom is -0.254 e. The smallest absolute Gasteiger partial charge is 0.142 e. The highest BCUT2D eigenvalue weighted by Crippen LogP contribution is 2.28. The molecule has 0 N–H and O–H groups in total. The summed E-state index contributed by atoms with van der Waals surface area (Å²) in [4.78, 5) is 8.69. The molecule has 80 valence electrons. The van der Waals surface area contributed by atoms with E-state index in [1.807, 2.05) is 37.4 Å². The second kappa shape index (κ2) is 4.03. The molecule has 0 unspecified atom stereocenters. The lowest BCUT2D eigenvalue weighted by molar-refractivity contribution is 0.666. The fourth-order valence-corrected chi connectivity index (χ4v) is 2.19. The van der Waals surface area contributed by atoms with Crippen molar-refractivity contribution in [2.75, 3.05) is 0 Å². The van der Waals surface area contributed by atoms with Crippen LogP contribution in [0.4, 0.5) is 0 Å². The maximum Gasteiger partial charge on any atom is 0.142 e. The summed E-state index contributed by atoms with van der Waals surface area (Å²) in [6, 6.07) is 7.97. The third-order valence-corrected chi connectivity index (χ3v) is 3.17. The number of rotatable bonds is 2. The van der Waals surface area contributed by atoms with Crippen molar-refractivity contribution in [2.24, 2.45) is 0 Å². The third kappa shape index (κ3) is 1.95. The molecule has 16 heavy (non-hydrogen) atoms. The van der Waals surface area contributed by atoms with E-state index in [1.165, 1.54) is 11.3 Å². The van der Waals surface area contributed by atoms with Crippen molar-refractivity contribution in [1.29, 1.82) is 5.26 Å². The van der Waals surface area contributed by atoms with Crippen LogP contribution in [-0.4, -0.2) is 9.97 Å². The molecule has 0 radical (unpaired) electrons. The van der Waals surface area contributed by atoms with Crippen LogP contribution in [0.5, 0.6) is 0 Å². The Labute approximate surface area is 98.4 Å². The maximum absolute atomic E-state index is 9.03. The van der Waals surface area contributed by atoms with Gasteiger partial charge in [-0.05, 0) is 26.0 Å². The predicted molar refractivity (Wildman–Crippen MR) is 64.0 cm³/mol. The van der Waals surface area contributed by atoms with Crippen LogP contribution in [0.2, 0.25) is 0 Å². The van der Waals surface area contributed by atoms with E-state index >= 15 is 0 Å². The minimum absolute atomic E-state index is 0.538. The molecule has 3 nitrogen and oxygen atoms in total. The summed E-state index contributed by atoms with van der Waals surface area (Å²) < 4.78 is 0. The van der Waals surface area contributed by atoms with Gasteiger partial charge in [0.15, 0.2) is 0 Å². The predicted octanol–water partition coefficient (Wildman–Crippen LogP) is 3.01. The molecule has 2 rings (SSSR count). The number of nitrogens with zero attached hydrogens (tertiary/aromatic N) is 3. The molecule has 4 heteroatoms. The first-order chi connectivity index (χ1) is 7.63. The van der Waals surface area contributed by atoms with Crippen molar-refractivity contribution in [1.82, 2.24) is 9.97 Å². The molecule has 0 aliphatic rings. The molecule has 0 aliphatic carbocycles. The highest BCUT2D eigenvalue weighted by molar-refractivity contribution is 7.13. The van der Waals surface area contributed by atoms with Crippen LogP contribution in [0, 0.1) is 11.3 Å². The summed E-state index contributed by atoms with van der Waals surface area (Å²) in [6.45, 7) is 3.73. The van der Waals surface area contributed by atoms with Crippen LogP contribution in [0.25, 0.3) is 10.7 Å². The summed E-state index contributed by atoms with van der Waals surface area (Å²) in [6.07, 6.45) is 1.74. The van der Waals surface area contributed by atoms with Crippen molar-refractivity contribution >= 4 is 11.3 Å². The monoisotopic (exact) mass is 229 g/mol. The van der Waals surface area contributed by atoms with Crippen molar-refractivity contribution in [2.45, 2.75) is 19.3 Å². The Hall–Kier alpha value is -1.73. The molecule has 0 aromatic carbocycles. The summed E-state index contributed by atoms with van der Waals surface area (Å²) in [7, 11) is 0. The number of hydrogen-bond acceptors (Lipinski definition) is 4. The first kappa shape index (κ1) is 10.8. The first-order valence-electron chi connectivity index (χ1n) is 4.92. The summed E-state index contributed by atoms with van der Waals surface area (Å²) in [5.41, 5.74) is 1.12. The molecule has 0 saturated carbocycles. The lowest BCUT2D eigenvalue weighted by Crippen LogP contribution is -2.14. The Bertz CT molecular complexity index is 523. The topological polar surface area (TPSA) is 49.6 Å². The quantitative estimate of drug-likeness (QED) is 0.795. The SMILES string of the molecule is CC(C)(C#N)c1csc(-c2ccccn2)n1. The van der Waals surface area contributed by atoms with E-state index in [9.17, 15) is 0 Å². The molecule has 2 aromatic heterocycles. The average Bonchev–Trinajstić information content (AvgIpc) is 2.80. The average molecular weight is 229 g/mol. The highest BCUT2D eigenvalue weighted by Gasteiger charge is 2.23. The van der Waals surface area contributed by atoms with Gasteiger partial charge in [0.2, 0.25) is 0 Å². The number of hydrogen-bond donors (Lipinski definition) is 0. The van der Waals surface area contributed by atoms with E-state index in [0.717, 1.165) is 16.4 Å². The van der Waals surface area contributed by atoms with Gasteiger partial charge in [-0.1, -0.05) is 6.07 Å². The second-order valence-electron chi connectivity index (χ2n) is 3.99. The van der Waals surface area contributed by atoms with E-state index < -0.39 is 5.41 Å². The zero-order valence-corrected chi connectivity index (χ0v) is 9.95. The Morgan fingerprint density at radius 3 is 2.81 bits per heavy atom. The molecule has 0 saturated heterocycles. The fourth-order valence-electron chi connectivity index (χ4n) is 1.22. The molecule has 2 heterocycles. The Balaban J connectivity index is 2.39. The van der Waals surface area contributed by atoms with Crippen molar-refractivity contribution in [3.63, 3.8) is 0 Å². The minimum atomic E-state index is -0.538. The van der Waals surface area contributed by atoms with Crippen molar-refractivity contribution < 1.29 is 0 Å². The van der Waals surface area contributed by atoms with E-state index in [1.54, 1.807) is 6.20 Å². The normalized spacial score (nSPS) is 11.1. The van der Waals surface area contributed by atoms with Gasteiger partial charge in [0.05, 0.1) is 22.9 Å². The van der Waals surface area contributed by atoms with Crippen LogP contribution in [0.1, 0.15) is 19.5 Å². The van der Waals surface area contributed by atoms with Gasteiger partial charge in [0.1, 0.15) is 5.01 Å². The molecule has 2 aromatic rings. The van der Waals surface area contributed by atoms with E-state index in [-0.39, 0.29) is 0 Å². The van der Waals surface area contributed by atoms with Crippen LogP contribution < -0.4 is 0 Å². The highest BCUT2D eigenvalue weighted by atomic mass is 32.1. The largest absolute Gasteiger partial charge is 0.254 e. The van der Waals surface area contributed by atoms with Crippen LogP contribution >= 0.6 is 11.3 Å². The van der Waals surface area contributed by atoms with E-state index in [4.69, 9.17) is 5.26 Å². The van der Waals surface area contributed by atoms with E-state index in [0.29, 0.717) is 0 Å². The molecule has 0 aliphatic heterocycles. The van der Waals surface area contributed by atoms with Crippen molar-refractivity contribution in [3.8, 4) is 16.8 Å². The van der Waals surface area contributed by atoms with Crippen LogP contribution in [0.3, 0.4) is 0 Å². The third-order valence-electron chi connectivity index (χ3n) is 2.31. The standard InChI is InChI=1S/C12H11N3S/c1-12(2,8-13)10-7-16-11(15-10)9-5-3-4-6-14-9/h3-7H,1-2H3. The fraction of sp³-hybridized carbons (Fsp3) is 0.250. The van der Waals surface area contributed by atoms with Gasteiger partial charge >= 0.3 is 0 Å². The van der Waals surface area contributed by atoms with Gasteiger partial charge in [-0.3, -0.25) is 4.98 Å². The van der Waals surface area contributed by atoms with Gasteiger partial charge in [-0.2, -0.15) is 5.26 Å². The second-order valence-corrected chi connectivity index (χ2v) is 4.85. The lowest BCUT2D eigenvalue weighted by Gasteiger charge is -2.10. The van der Waals surface area contributed by atoms with Gasteiger partial charge < -0.3 is 0 Å². The molecule has 0 spiro atoms. The zero-order chi connectivity index (χ0) is 11.6. The van der Waals surface area contributed by atoms with Gasteiger partial charge in [0.25, 0.3) is 0 Å². The summed E-state index contributed by atoms with van der Waals surface area (Å²) >= 11 is 1.52. The number of nitriles is 1. The summed E-state index contributed by atoms with van der Waals surface area (Å²) in [5.74, 6) is 0. The van der Waals surface area contributed by atoms with Gasteiger partial charge in [0, 0.05) is 11.6 Å². The Morgan fingerprint density at radius 1 is 1.38 bits per heavy atom. The molecule has 0 fully saturated rings. The van der Waals surface area contributed by atoms with Crippen molar-refractivity contribution in [3.05, 3.63) is 35.5 Å². The molecular formula is C12H11N3S.